The second kappa shape index (κ2) is 4.45. The van der Waals surface area contributed by atoms with Crippen LogP contribution in [0.25, 0.3) is 16.9 Å². The van der Waals surface area contributed by atoms with Gasteiger partial charge in [0.15, 0.2) is 11.3 Å². The van der Waals surface area contributed by atoms with Crippen LogP contribution < -0.4 is 0 Å². The van der Waals surface area contributed by atoms with Crippen molar-refractivity contribution in [2.75, 3.05) is 0 Å². The Morgan fingerprint density at radius 1 is 1.20 bits per heavy atom. The quantitative estimate of drug-likeness (QED) is 0.775. The molecular weight excluding hydrogens is 254 g/mol. The summed E-state index contributed by atoms with van der Waals surface area (Å²) in [5, 5.41) is 13.6. The van der Waals surface area contributed by atoms with Gasteiger partial charge in [0, 0.05) is 11.6 Å². The highest BCUT2D eigenvalue weighted by Crippen LogP contribution is 2.24. The Labute approximate surface area is 115 Å². The van der Waals surface area contributed by atoms with E-state index in [0.717, 1.165) is 22.5 Å². The molecule has 5 nitrogen and oxygen atoms in total. The molecule has 1 N–H and O–H groups in total. The van der Waals surface area contributed by atoms with Crippen molar-refractivity contribution in [1.29, 1.82) is 0 Å². The lowest BCUT2D eigenvalue weighted by molar-refractivity contribution is 0.0690. The van der Waals surface area contributed by atoms with Crippen LogP contribution in [0, 0.1) is 13.8 Å². The molecule has 0 unspecified atom stereocenters. The number of hydrogen-bond acceptors (Lipinski definition) is 3. The Kier molecular flexibility index (Phi) is 2.75. The van der Waals surface area contributed by atoms with E-state index in [9.17, 15) is 9.90 Å². The van der Waals surface area contributed by atoms with Gasteiger partial charge in [-0.1, -0.05) is 24.3 Å². The second-order valence-electron chi connectivity index (χ2n) is 4.70. The molecule has 0 spiro atoms. The fourth-order valence-corrected chi connectivity index (χ4v) is 2.25. The van der Waals surface area contributed by atoms with E-state index in [1.165, 1.54) is 0 Å². The van der Waals surface area contributed by atoms with Crippen LogP contribution in [0.2, 0.25) is 0 Å². The van der Waals surface area contributed by atoms with Crippen molar-refractivity contribution in [2.24, 2.45) is 0 Å². The Hall–Kier alpha value is -2.69. The number of benzene rings is 1. The molecule has 5 heteroatoms. The van der Waals surface area contributed by atoms with E-state index < -0.39 is 5.97 Å². The van der Waals surface area contributed by atoms with E-state index in [0.29, 0.717) is 5.65 Å². The summed E-state index contributed by atoms with van der Waals surface area (Å²) in [6, 6.07) is 11.1. The number of carboxylic acid groups (broad SMARTS) is 1. The van der Waals surface area contributed by atoms with Crippen LogP contribution in [0.3, 0.4) is 0 Å². The molecule has 0 aliphatic carbocycles. The molecule has 0 aliphatic heterocycles. The number of fused-ring (bicyclic) bond motifs is 1. The molecular formula is C15H13N3O2. The highest BCUT2D eigenvalue weighted by atomic mass is 16.4. The lowest BCUT2D eigenvalue weighted by Gasteiger charge is -2.09. The zero-order chi connectivity index (χ0) is 14.3. The van der Waals surface area contributed by atoms with Gasteiger partial charge >= 0.3 is 5.97 Å². The van der Waals surface area contributed by atoms with Crippen LogP contribution >= 0.6 is 0 Å². The molecule has 3 rings (SSSR count). The van der Waals surface area contributed by atoms with Gasteiger partial charge in [-0.25, -0.2) is 14.3 Å². The summed E-state index contributed by atoms with van der Waals surface area (Å²) in [6.07, 6.45) is 0. The molecule has 2 heterocycles. The third kappa shape index (κ3) is 1.93. The van der Waals surface area contributed by atoms with Crippen LogP contribution in [-0.4, -0.2) is 25.7 Å². The Morgan fingerprint density at radius 2 is 1.95 bits per heavy atom. The maximum Gasteiger partial charge on any atom is 0.354 e. The molecule has 0 bridgehead atoms. The number of carboxylic acids is 1. The van der Waals surface area contributed by atoms with Crippen LogP contribution in [-0.2, 0) is 0 Å². The van der Waals surface area contributed by atoms with Gasteiger partial charge in [-0.05, 0) is 25.5 Å². The van der Waals surface area contributed by atoms with E-state index >= 15 is 0 Å². The fraction of sp³-hybridized carbons (Fsp3) is 0.133. The first-order valence-corrected chi connectivity index (χ1v) is 6.23. The third-order valence-electron chi connectivity index (χ3n) is 3.19. The molecule has 0 radical (unpaired) electrons. The van der Waals surface area contributed by atoms with Gasteiger partial charge < -0.3 is 5.11 Å². The third-order valence-corrected chi connectivity index (χ3v) is 3.19. The topological polar surface area (TPSA) is 67.5 Å². The van der Waals surface area contributed by atoms with E-state index in [1.807, 2.05) is 38.1 Å². The Balaban J connectivity index is 2.38. The normalized spacial score (nSPS) is 10.9. The first-order chi connectivity index (χ1) is 9.56. The first-order valence-electron chi connectivity index (χ1n) is 6.23. The SMILES string of the molecule is Cc1cc2nc(C(=O)O)cc(-c3ccccc3C)n2n1. The predicted octanol–water partition coefficient (Wildman–Crippen LogP) is 2.71. The van der Waals surface area contributed by atoms with Gasteiger partial charge in [0.1, 0.15) is 0 Å². The summed E-state index contributed by atoms with van der Waals surface area (Å²) >= 11 is 0. The summed E-state index contributed by atoms with van der Waals surface area (Å²) in [6.45, 7) is 3.84. The maximum atomic E-state index is 11.2. The lowest BCUT2D eigenvalue weighted by atomic mass is 10.1. The molecule has 0 aliphatic rings. The average Bonchev–Trinajstić information content (AvgIpc) is 2.78. The zero-order valence-electron chi connectivity index (χ0n) is 11.2. The number of hydrogen-bond donors (Lipinski definition) is 1. The number of carbonyl (C=O) groups is 1. The van der Waals surface area contributed by atoms with Gasteiger partial charge in [0.25, 0.3) is 0 Å². The fourth-order valence-electron chi connectivity index (χ4n) is 2.25. The first kappa shape index (κ1) is 12.3. The van der Waals surface area contributed by atoms with Crippen molar-refractivity contribution in [3.8, 4) is 11.3 Å². The molecule has 0 atom stereocenters. The van der Waals surface area contributed by atoms with Gasteiger partial charge in [0.2, 0.25) is 0 Å². The number of rotatable bonds is 2. The largest absolute Gasteiger partial charge is 0.477 e. The number of aromatic carboxylic acids is 1. The van der Waals surface area contributed by atoms with E-state index in [4.69, 9.17) is 0 Å². The number of aromatic nitrogens is 3. The van der Waals surface area contributed by atoms with Crippen molar-refractivity contribution < 1.29 is 9.90 Å². The summed E-state index contributed by atoms with van der Waals surface area (Å²) < 4.78 is 1.68. The molecule has 0 fully saturated rings. The molecule has 20 heavy (non-hydrogen) atoms. The van der Waals surface area contributed by atoms with Gasteiger partial charge in [-0.15, -0.1) is 0 Å². The van der Waals surface area contributed by atoms with E-state index in [2.05, 4.69) is 10.1 Å². The Bertz CT molecular complexity index is 821. The Morgan fingerprint density at radius 3 is 2.65 bits per heavy atom. The van der Waals surface area contributed by atoms with Crippen LogP contribution in [0.1, 0.15) is 21.7 Å². The standard InChI is InChI=1S/C15H13N3O2/c1-9-5-3-4-6-11(9)13-8-12(15(19)20)16-14-7-10(2)17-18(13)14/h3-8H,1-2H3,(H,19,20). The zero-order valence-corrected chi connectivity index (χ0v) is 11.2. The van der Waals surface area contributed by atoms with Gasteiger partial charge in [-0.3, -0.25) is 0 Å². The summed E-state index contributed by atoms with van der Waals surface area (Å²) in [5.74, 6) is -1.04. The predicted molar refractivity (Wildman–Crippen MR) is 74.9 cm³/mol. The van der Waals surface area contributed by atoms with Gasteiger partial charge in [-0.2, -0.15) is 5.10 Å². The molecule has 1 aromatic carbocycles. The van der Waals surface area contributed by atoms with Crippen molar-refractivity contribution in [3.63, 3.8) is 0 Å². The molecule has 100 valence electrons. The maximum absolute atomic E-state index is 11.2. The second-order valence-corrected chi connectivity index (χ2v) is 4.70. The highest BCUT2D eigenvalue weighted by molar-refractivity contribution is 5.88. The molecule has 0 saturated heterocycles. The van der Waals surface area contributed by atoms with E-state index in [1.54, 1.807) is 16.6 Å². The van der Waals surface area contributed by atoms with Crippen molar-refractivity contribution >= 4 is 11.6 Å². The van der Waals surface area contributed by atoms with Crippen LogP contribution in [0.5, 0.6) is 0 Å². The van der Waals surface area contributed by atoms with Crippen LogP contribution in [0.4, 0.5) is 0 Å². The number of aryl methyl sites for hydroxylation is 2. The highest BCUT2D eigenvalue weighted by Gasteiger charge is 2.14. The van der Waals surface area contributed by atoms with E-state index in [-0.39, 0.29) is 5.69 Å². The molecule has 2 aromatic heterocycles. The minimum absolute atomic E-state index is 0.0238. The summed E-state index contributed by atoms with van der Waals surface area (Å²) in [4.78, 5) is 15.3. The summed E-state index contributed by atoms with van der Waals surface area (Å²) in [7, 11) is 0. The van der Waals surface area contributed by atoms with Gasteiger partial charge in [0.05, 0.1) is 11.4 Å². The lowest BCUT2D eigenvalue weighted by Crippen LogP contribution is -2.05. The number of nitrogens with zero attached hydrogens (tertiary/aromatic N) is 3. The smallest absolute Gasteiger partial charge is 0.354 e. The monoisotopic (exact) mass is 267 g/mol. The minimum Gasteiger partial charge on any atom is -0.477 e. The molecule has 0 amide bonds. The van der Waals surface area contributed by atoms with Crippen molar-refractivity contribution in [1.82, 2.24) is 14.6 Å². The van der Waals surface area contributed by atoms with Crippen molar-refractivity contribution in [3.05, 3.63) is 53.3 Å². The minimum atomic E-state index is -1.04. The average molecular weight is 267 g/mol. The summed E-state index contributed by atoms with van der Waals surface area (Å²) in [5.41, 5.74) is 4.11. The molecule has 0 saturated carbocycles. The molecule has 3 aromatic rings. The van der Waals surface area contributed by atoms with Crippen molar-refractivity contribution in [2.45, 2.75) is 13.8 Å². The van der Waals surface area contributed by atoms with Crippen LogP contribution in [0.15, 0.2) is 36.4 Å².